The van der Waals surface area contributed by atoms with Crippen LogP contribution < -0.4 is 10.9 Å². The second kappa shape index (κ2) is 10.7. The molecule has 7 heteroatoms. The number of aliphatic hydroxyl groups is 1. The number of aromatic nitrogens is 1. The normalized spacial score (nSPS) is 13.4. The van der Waals surface area contributed by atoms with Crippen molar-refractivity contribution >= 4 is 11.6 Å². The number of oxime groups is 1. The van der Waals surface area contributed by atoms with Crippen molar-refractivity contribution in [2.45, 2.75) is 32.3 Å². The first-order valence-corrected chi connectivity index (χ1v) is 10.8. The number of benzene rings is 2. The van der Waals surface area contributed by atoms with Gasteiger partial charge >= 0.3 is 0 Å². The predicted molar refractivity (Wildman–Crippen MR) is 128 cm³/mol. The van der Waals surface area contributed by atoms with Gasteiger partial charge in [0.15, 0.2) is 0 Å². The number of hydrogen-bond acceptors (Lipinski definition) is 5. The summed E-state index contributed by atoms with van der Waals surface area (Å²) in [5.41, 5.74) is 4.61. The Bertz CT molecular complexity index is 1200. The Morgan fingerprint density at radius 3 is 2.33 bits per heavy atom. The molecule has 2 atom stereocenters. The van der Waals surface area contributed by atoms with Gasteiger partial charge in [0.2, 0.25) is 5.56 Å². The summed E-state index contributed by atoms with van der Waals surface area (Å²) in [4.78, 5) is 24.1. The van der Waals surface area contributed by atoms with E-state index in [1.807, 2.05) is 43.3 Å². The highest BCUT2D eigenvalue weighted by Gasteiger charge is 2.21. The van der Waals surface area contributed by atoms with Crippen LogP contribution in [0.2, 0.25) is 0 Å². The van der Waals surface area contributed by atoms with Crippen LogP contribution in [0, 0.1) is 6.92 Å². The summed E-state index contributed by atoms with van der Waals surface area (Å²) in [6, 6.07) is 18.4. The van der Waals surface area contributed by atoms with Crippen molar-refractivity contribution < 1.29 is 15.1 Å². The molecule has 172 valence electrons. The van der Waals surface area contributed by atoms with E-state index < -0.39 is 6.10 Å². The molecule has 2 aromatic carbocycles. The maximum atomic E-state index is 12.3. The molecule has 1 aromatic heterocycles. The largest absolute Gasteiger partial charge is 0.411 e. The van der Waals surface area contributed by atoms with E-state index in [-0.39, 0.29) is 23.9 Å². The maximum absolute atomic E-state index is 12.3. The number of rotatable bonds is 8. The lowest BCUT2D eigenvalue weighted by Gasteiger charge is -2.21. The van der Waals surface area contributed by atoms with Crippen LogP contribution in [-0.4, -0.2) is 39.1 Å². The van der Waals surface area contributed by atoms with Crippen LogP contribution in [0.25, 0.3) is 0 Å². The molecule has 0 aliphatic carbocycles. The molecule has 0 bridgehead atoms. The van der Waals surface area contributed by atoms with E-state index in [1.54, 1.807) is 38.4 Å². The summed E-state index contributed by atoms with van der Waals surface area (Å²) < 4.78 is 1.45. The fourth-order valence-electron chi connectivity index (χ4n) is 3.77. The Morgan fingerprint density at radius 2 is 1.73 bits per heavy atom. The second-order valence-corrected chi connectivity index (χ2v) is 8.21. The number of aryl methyl sites for hydroxylation is 2. The van der Waals surface area contributed by atoms with Gasteiger partial charge in [-0.15, -0.1) is 0 Å². The van der Waals surface area contributed by atoms with Crippen LogP contribution in [0.5, 0.6) is 0 Å². The Hall–Kier alpha value is -3.71. The number of hydrogen-bond donors (Lipinski definition) is 3. The molecule has 33 heavy (non-hydrogen) atoms. The van der Waals surface area contributed by atoms with Crippen molar-refractivity contribution in [2.75, 3.05) is 6.54 Å². The zero-order chi connectivity index (χ0) is 24.0. The van der Waals surface area contributed by atoms with E-state index in [0.29, 0.717) is 23.3 Å². The molecule has 2 unspecified atom stereocenters. The molecule has 7 nitrogen and oxygen atoms in total. The summed E-state index contributed by atoms with van der Waals surface area (Å²) in [6.45, 7) is 3.82. The number of carbonyl (C=O) groups is 1. The van der Waals surface area contributed by atoms with Crippen LogP contribution in [0.15, 0.2) is 76.8 Å². The third kappa shape index (κ3) is 5.96. The first-order chi connectivity index (χ1) is 15.8. The number of aliphatic hydroxyl groups excluding tert-OH is 1. The molecule has 3 aromatic rings. The van der Waals surface area contributed by atoms with Gasteiger partial charge in [-0.05, 0) is 48.7 Å². The summed E-state index contributed by atoms with van der Waals surface area (Å²) in [6.07, 6.45) is 1.43. The van der Waals surface area contributed by atoms with Gasteiger partial charge in [-0.2, -0.15) is 0 Å². The SMILES string of the molecule is Cc1ccccc1C(CC(=NO)c1ccc(=O)n(C)c1)c1ccc(C(=O)NCC(C)O)cc1. The number of nitrogens with one attached hydrogen (secondary N) is 1. The maximum Gasteiger partial charge on any atom is 0.251 e. The van der Waals surface area contributed by atoms with E-state index in [4.69, 9.17) is 0 Å². The fourth-order valence-corrected chi connectivity index (χ4v) is 3.77. The molecular weight excluding hydrogens is 418 g/mol. The van der Waals surface area contributed by atoms with Gasteiger partial charge in [0, 0.05) is 49.3 Å². The van der Waals surface area contributed by atoms with E-state index in [1.165, 1.54) is 10.6 Å². The molecule has 0 aliphatic rings. The van der Waals surface area contributed by atoms with Crippen molar-refractivity contribution in [1.82, 2.24) is 9.88 Å². The van der Waals surface area contributed by atoms with Crippen molar-refractivity contribution in [3.05, 3.63) is 105 Å². The molecule has 0 fully saturated rings. The van der Waals surface area contributed by atoms with Crippen molar-refractivity contribution in [3.8, 4) is 0 Å². The molecule has 0 radical (unpaired) electrons. The highest BCUT2D eigenvalue weighted by molar-refractivity contribution is 6.00. The Morgan fingerprint density at radius 1 is 1.06 bits per heavy atom. The zero-order valence-corrected chi connectivity index (χ0v) is 19.0. The molecule has 0 spiro atoms. The third-order valence-corrected chi connectivity index (χ3v) is 5.63. The first kappa shape index (κ1) is 23.9. The zero-order valence-electron chi connectivity index (χ0n) is 19.0. The van der Waals surface area contributed by atoms with Gasteiger partial charge < -0.3 is 20.2 Å². The highest BCUT2D eigenvalue weighted by atomic mass is 16.4. The van der Waals surface area contributed by atoms with Crippen LogP contribution in [0.4, 0.5) is 0 Å². The average molecular weight is 448 g/mol. The first-order valence-electron chi connectivity index (χ1n) is 10.8. The minimum absolute atomic E-state index is 0.135. The van der Waals surface area contributed by atoms with Crippen molar-refractivity contribution in [1.29, 1.82) is 0 Å². The van der Waals surface area contributed by atoms with Gasteiger partial charge in [0.1, 0.15) is 0 Å². The van der Waals surface area contributed by atoms with Crippen molar-refractivity contribution in [2.24, 2.45) is 12.2 Å². The molecule has 3 N–H and O–H groups in total. The standard InChI is InChI=1S/C26H29N3O4/c1-17-6-4-5-7-22(17)23(14-24(28-33)21-12-13-25(31)29(3)16-21)19-8-10-20(11-9-19)26(32)27-15-18(2)30/h4-13,16,18,23,30,33H,14-15H2,1-3H3,(H,27,32). The highest BCUT2D eigenvalue weighted by Crippen LogP contribution is 2.32. The van der Waals surface area contributed by atoms with Gasteiger partial charge in [-0.25, -0.2) is 0 Å². The molecule has 0 saturated carbocycles. The van der Waals surface area contributed by atoms with Crippen molar-refractivity contribution in [3.63, 3.8) is 0 Å². The van der Waals surface area contributed by atoms with Crippen LogP contribution >= 0.6 is 0 Å². The summed E-state index contributed by atoms with van der Waals surface area (Å²) >= 11 is 0. The number of nitrogens with zero attached hydrogens (tertiary/aromatic N) is 2. The number of carbonyl (C=O) groups excluding carboxylic acids is 1. The smallest absolute Gasteiger partial charge is 0.251 e. The van der Waals surface area contributed by atoms with E-state index >= 15 is 0 Å². The lowest BCUT2D eigenvalue weighted by molar-refractivity contribution is 0.0924. The topological polar surface area (TPSA) is 104 Å². The summed E-state index contributed by atoms with van der Waals surface area (Å²) in [5, 5.41) is 25.4. The summed E-state index contributed by atoms with van der Waals surface area (Å²) in [5.74, 6) is -0.387. The van der Waals surface area contributed by atoms with Gasteiger partial charge in [-0.1, -0.05) is 41.6 Å². The monoisotopic (exact) mass is 447 g/mol. The molecule has 0 saturated heterocycles. The molecule has 1 amide bonds. The Labute approximate surface area is 193 Å². The second-order valence-electron chi connectivity index (χ2n) is 8.21. The average Bonchev–Trinajstić information content (AvgIpc) is 2.81. The van der Waals surface area contributed by atoms with Gasteiger partial charge in [0.25, 0.3) is 5.91 Å². The van der Waals surface area contributed by atoms with E-state index in [9.17, 15) is 19.9 Å². The van der Waals surface area contributed by atoms with E-state index in [2.05, 4.69) is 10.5 Å². The van der Waals surface area contributed by atoms with Gasteiger partial charge in [-0.3, -0.25) is 9.59 Å². The lowest BCUT2D eigenvalue weighted by Crippen LogP contribution is -2.30. The molecule has 0 aliphatic heterocycles. The predicted octanol–water partition coefficient (Wildman–Crippen LogP) is 3.20. The Kier molecular flexibility index (Phi) is 7.79. The van der Waals surface area contributed by atoms with Gasteiger partial charge in [0.05, 0.1) is 11.8 Å². The quantitative estimate of drug-likeness (QED) is 0.280. The molecule has 3 rings (SSSR count). The molecular formula is C26H29N3O4. The fraction of sp³-hybridized carbons (Fsp3) is 0.269. The minimum Gasteiger partial charge on any atom is -0.411 e. The molecule has 1 heterocycles. The number of amides is 1. The van der Waals surface area contributed by atoms with E-state index in [0.717, 1.165) is 16.7 Å². The van der Waals surface area contributed by atoms with Crippen LogP contribution in [0.3, 0.4) is 0 Å². The van der Waals surface area contributed by atoms with Crippen LogP contribution in [0.1, 0.15) is 51.9 Å². The minimum atomic E-state index is -0.618. The Balaban J connectivity index is 1.95. The van der Waals surface area contributed by atoms with Crippen LogP contribution in [-0.2, 0) is 7.05 Å². The third-order valence-electron chi connectivity index (χ3n) is 5.63. The lowest BCUT2D eigenvalue weighted by atomic mass is 9.83. The summed E-state index contributed by atoms with van der Waals surface area (Å²) in [7, 11) is 1.65. The number of pyridine rings is 1.